The molecule has 1 aromatic rings. The van der Waals surface area contributed by atoms with Crippen LogP contribution in [0.3, 0.4) is 0 Å². The number of rotatable bonds is 6. The predicted molar refractivity (Wildman–Crippen MR) is 77.7 cm³/mol. The number of halogens is 1. The first-order valence-electron chi connectivity index (χ1n) is 6.96. The van der Waals surface area contributed by atoms with Crippen LogP contribution in [0.1, 0.15) is 24.9 Å². The van der Waals surface area contributed by atoms with Crippen molar-refractivity contribution in [2.45, 2.75) is 19.4 Å². The molecule has 0 saturated carbocycles. The van der Waals surface area contributed by atoms with Gasteiger partial charge in [-0.1, -0.05) is 12.1 Å². The van der Waals surface area contributed by atoms with Crippen molar-refractivity contribution in [2.24, 2.45) is 0 Å². The summed E-state index contributed by atoms with van der Waals surface area (Å²) in [6.45, 7) is 2.08. The summed E-state index contributed by atoms with van der Waals surface area (Å²) in [6.07, 6.45) is 0.568. The highest BCUT2D eigenvalue weighted by Gasteiger charge is 2.41. The Bertz CT molecular complexity index is 609. The molecule has 1 aliphatic rings. The van der Waals surface area contributed by atoms with Crippen LogP contribution in [0.25, 0.3) is 0 Å². The summed E-state index contributed by atoms with van der Waals surface area (Å²) in [5.41, 5.74) is 0.635. The third-order valence-corrected chi connectivity index (χ3v) is 3.62. The van der Waals surface area contributed by atoms with Gasteiger partial charge in [-0.15, -0.1) is 0 Å². The molecule has 0 saturated heterocycles. The normalized spacial score (nSPS) is 18.2. The van der Waals surface area contributed by atoms with Crippen LogP contribution in [-0.4, -0.2) is 42.0 Å². The number of benzene rings is 1. The molecule has 118 valence electrons. The standard InChI is InChI=1S/C16H18FNO4/c1-10(19)13-14(11-4-6-12(17)7-5-11)18(8-3-9-22-2)16(21)15(13)20/h4-7,14,20H,3,8-9H2,1-2H3. The number of hydrogen-bond donors (Lipinski definition) is 1. The molecule has 1 heterocycles. The highest BCUT2D eigenvalue weighted by molar-refractivity contribution is 6.08. The lowest BCUT2D eigenvalue weighted by molar-refractivity contribution is -0.129. The highest BCUT2D eigenvalue weighted by atomic mass is 19.1. The number of hydrogen-bond acceptors (Lipinski definition) is 4. The van der Waals surface area contributed by atoms with Gasteiger partial charge in [0.1, 0.15) is 5.82 Å². The van der Waals surface area contributed by atoms with E-state index in [4.69, 9.17) is 4.74 Å². The van der Waals surface area contributed by atoms with E-state index in [1.54, 1.807) is 7.11 Å². The fourth-order valence-electron chi connectivity index (χ4n) is 2.61. The number of aliphatic hydroxyl groups is 1. The topological polar surface area (TPSA) is 66.8 Å². The summed E-state index contributed by atoms with van der Waals surface area (Å²) in [6, 6.07) is 4.86. The molecule has 1 atom stereocenters. The Morgan fingerprint density at radius 2 is 2.00 bits per heavy atom. The Morgan fingerprint density at radius 1 is 1.36 bits per heavy atom. The maximum absolute atomic E-state index is 13.1. The van der Waals surface area contributed by atoms with Crippen LogP contribution in [0.5, 0.6) is 0 Å². The van der Waals surface area contributed by atoms with Crippen LogP contribution in [0, 0.1) is 5.82 Å². The zero-order valence-electron chi connectivity index (χ0n) is 12.5. The van der Waals surface area contributed by atoms with Gasteiger partial charge in [0.25, 0.3) is 5.91 Å². The van der Waals surface area contributed by atoms with E-state index in [-0.39, 0.29) is 11.4 Å². The molecular formula is C16H18FNO4. The Hall–Kier alpha value is -2.21. The van der Waals surface area contributed by atoms with E-state index >= 15 is 0 Å². The van der Waals surface area contributed by atoms with E-state index in [9.17, 15) is 19.1 Å². The first-order valence-corrected chi connectivity index (χ1v) is 6.96. The summed E-state index contributed by atoms with van der Waals surface area (Å²) < 4.78 is 18.1. The van der Waals surface area contributed by atoms with E-state index in [2.05, 4.69) is 0 Å². The fourth-order valence-corrected chi connectivity index (χ4v) is 2.61. The molecule has 1 aromatic carbocycles. The van der Waals surface area contributed by atoms with Gasteiger partial charge in [-0.3, -0.25) is 9.59 Å². The lowest BCUT2D eigenvalue weighted by atomic mass is 9.96. The number of aliphatic hydroxyl groups excluding tert-OH is 1. The van der Waals surface area contributed by atoms with Gasteiger partial charge in [0.2, 0.25) is 0 Å². The second kappa shape index (κ2) is 6.70. The molecule has 2 rings (SSSR count). The second-order valence-electron chi connectivity index (χ2n) is 5.12. The molecule has 0 spiro atoms. The highest BCUT2D eigenvalue weighted by Crippen LogP contribution is 2.37. The Kier molecular flexibility index (Phi) is 4.92. The van der Waals surface area contributed by atoms with Gasteiger partial charge < -0.3 is 14.7 Å². The maximum atomic E-state index is 13.1. The molecule has 1 unspecified atom stereocenters. The van der Waals surface area contributed by atoms with Gasteiger partial charge >= 0.3 is 0 Å². The van der Waals surface area contributed by atoms with Crippen molar-refractivity contribution in [3.05, 3.63) is 47.0 Å². The van der Waals surface area contributed by atoms with E-state index in [1.165, 1.54) is 36.1 Å². The van der Waals surface area contributed by atoms with Crippen molar-refractivity contribution >= 4 is 11.7 Å². The van der Waals surface area contributed by atoms with Crippen molar-refractivity contribution in [3.8, 4) is 0 Å². The van der Waals surface area contributed by atoms with Crippen molar-refractivity contribution in [1.82, 2.24) is 4.90 Å². The van der Waals surface area contributed by atoms with Gasteiger partial charge in [0.15, 0.2) is 11.5 Å². The van der Waals surface area contributed by atoms with E-state index in [0.717, 1.165) is 0 Å². The van der Waals surface area contributed by atoms with Gasteiger partial charge in [-0.2, -0.15) is 0 Å². The molecule has 1 aliphatic heterocycles. The third kappa shape index (κ3) is 3.01. The number of methoxy groups -OCH3 is 1. The molecule has 0 aromatic heterocycles. The van der Waals surface area contributed by atoms with Crippen LogP contribution >= 0.6 is 0 Å². The summed E-state index contributed by atoms with van der Waals surface area (Å²) in [5, 5.41) is 10.0. The quantitative estimate of drug-likeness (QED) is 0.818. The van der Waals surface area contributed by atoms with Crippen LogP contribution in [0.2, 0.25) is 0 Å². The van der Waals surface area contributed by atoms with Crippen molar-refractivity contribution in [1.29, 1.82) is 0 Å². The number of ether oxygens (including phenoxy) is 1. The molecule has 6 heteroatoms. The minimum atomic E-state index is -0.692. The number of nitrogens with zero attached hydrogens (tertiary/aromatic N) is 1. The lowest BCUT2D eigenvalue weighted by Crippen LogP contribution is -2.32. The maximum Gasteiger partial charge on any atom is 0.290 e. The van der Waals surface area contributed by atoms with Crippen molar-refractivity contribution in [2.75, 3.05) is 20.3 Å². The first kappa shape index (κ1) is 16.2. The molecule has 0 radical (unpaired) electrons. The molecule has 1 amide bonds. The van der Waals surface area contributed by atoms with Crippen LogP contribution in [0.15, 0.2) is 35.6 Å². The summed E-state index contributed by atoms with van der Waals surface area (Å²) in [4.78, 5) is 25.5. The van der Waals surface area contributed by atoms with Crippen LogP contribution in [0.4, 0.5) is 4.39 Å². The number of amides is 1. The average Bonchev–Trinajstić information content (AvgIpc) is 2.73. The van der Waals surface area contributed by atoms with Crippen molar-refractivity contribution in [3.63, 3.8) is 0 Å². The smallest absolute Gasteiger partial charge is 0.290 e. The number of carbonyl (C=O) groups excluding carboxylic acids is 2. The minimum absolute atomic E-state index is 0.0500. The van der Waals surface area contributed by atoms with Gasteiger partial charge in [-0.05, 0) is 31.0 Å². The summed E-state index contributed by atoms with van der Waals surface area (Å²) in [7, 11) is 1.56. The zero-order chi connectivity index (χ0) is 16.3. The predicted octanol–water partition coefficient (Wildman–Crippen LogP) is 2.15. The Labute approximate surface area is 128 Å². The van der Waals surface area contributed by atoms with E-state index in [1.807, 2.05) is 0 Å². The SMILES string of the molecule is COCCCN1C(=O)C(O)=C(C(C)=O)C1c1ccc(F)cc1. The fraction of sp³-hybridized carbons (Fsp3) is 0.375. The summed E-state index contributed by atoms with van der Waals surface area (Å²) in [5.74, 6) is -1.90. The molecule has 22 heavy (non-hydrogen) atoms. The molecule has 0 bridgehead atoms. The number of Topliss-reactive ketones (excluding diaryl/α,β-unsaturated/α-hetero) is 1. The first-order chi connectivity index (χ1) is 10.5. The monoisotopic (exact) mass is 307 g/mol. The average molecular weight is 307 g/mol. The number of carbonyl (C=O) groups is 2. The van der Waals surface area contributed by atoms with Crippen LogP contribution < -0.4 is 0 Å². The Morgan fingerprint density at radius 3 is 2.55 bits per heavy atom. The van der Waals surface area contributed by atoms with E-state index in [0.29, 0.717) is 25.1 Å². The zero-order valence-corrected chi connectivity index (χ0v) is 12.5. The molecule has 1 N–H and O–H groups in total. The summed E-state index contributed by atoms with van der Waals surface area (Å²) >= 11 is 0. The lowest BCUT2D eigenvalue weighted by Gasteiger charge is -2.26. The Balaban J connectivity index is 2.39. The van der Waals surface area contributed by atoms with Crippen LogP contribution in [-0.2, 0) is 14.3 Å². The molecule has 0 aliphatic carbocycles. The minimum Gasteiger partial charge on any atom is -0.503 e. The van der Waals surface area contributed by atoms with E-state index < -0.39 is 23.5 Å². The van der Waals surface area contributed by atoms with Gasteiger partial charge in [-0.25, -0.2) is 4.39 Å². The molecule has 0 fully saturated rings. The second-order valence-corrected chi connectivity index (χ2v) is 5.12. The largest absolute Gasteiger partial charge is 0.503 e. The van der Waals surface area contributed by atoms with Crippen molar-refractivity contribution < 1.29 is 23.8 Å². The van der Waals surface area contributed by atoms with Gasteiger partial charge in [0.05, 0.1) is 11.6 Å². The third-order valence-electron chi connectivity index (χ3n) is 3.62. The number of ketones is 1. The molecule has 5 nitrogen and oxygen atoms in total. The van der Waals surface area contributed by atoms with Gasteiger partial charge in [0, 0.05) is 20.3 Å². The molecular weight excluding hydrogens is 289 g/mol.